The standard InChI is InChI=1S/C13H21NOS/c1-10(14)13(12-6-7-16-9-12)15-8-11-4-2-3-5-11/h6-7,9-11,13H,2-5,8,14H2,1H3. The number of thiophene rings is 1. The zero-order chi connectivity index (χ0) is 11.4. The maximum absolute atomic E-state index is 6.01. The first-order valence-corrected chi connectivity index (χ1v) is 7.11. The third-order valence-electron chi connectivity index (χ3n) is 3.34. The second-order valence-electron chi connectivity index (χ2n) is 4.82. The van der Waals surface area contributed by atoms with Crippen molar-refractivity contribution in [1.82, 2.24) is 0 Å². The summed E-state index contributed by atoms with van der Waals surface area (Å²) in [4.78, 5) is 0. The highest BCUT2D eigenvalue weighted by atomic mass is 32.1. The second kappa shape index (κ2) is 5.80. The van der Waals surface area contributed by atoms with Gasteiger partial charge >= 0.3 is 0 Å². The van der Waals surface area contributed by atoms with Crippen LogP contribution in [0, 0.1) is 5.92 Å². The van der Waals surface area contributed by atoms with Crippen molar-refractivity contribution >= 4 is 11.3 Å². The molecule has 0 amide bonds. The lowest BCUT2D eigenvalue weighted by molar-refractivity contribution is 0.0171. The van der Waals surface area contributed by atoms with Crippen molar-refractivity contribution in [3.05, 3.63) is 22.4 Å². The topological polar surface area (TPSA) is 35.2 Å². The van der Waals surface area contributed by atoms with Crippen molar-refractivity contribution in [2.24, 2.45) is 11.7 Å². The smallest absolute Gasteiger partial charge is 0.0981 e. The van der Waals surface area contributed by atoms with Crippen LogP contribution in [-0.2, 0) is 4.74 Å². The lowest BCUT2D eigenvalue weighted by atomic mass is 10.1. The Morgan fingerprint density at radius 1 is 1.50 bits per heavy atom. The molecule has 2 atom stereocenters. The van der Waals surface area contributed by atoms with E-state index >= 15 is 0 Å². The Morgan fingerprint density at radius 3 is 2.81 bits per heavy atom. The molecule has 1 aliphatic carbocycles. The van der Waals surface area contributed by atoms with Crippen molar-refractivity contribution < 1.29 is 4.74 Å². The predicted molar refractivity (Wildman–Crippen MR) is 68.6 cm³/mol. The third-order valence-corrected chi connectivity index (χ3v) is 4.04. The van der Waals surface area contributed by atoms with Gasteiger partial charge in [-0.05, 0) is 48.1 Å². The summed E-state index contributed by atoms with van der Waals surface area (Å²) in [5, 5.41) is 4.23. The fourth-order valence-electron chi connectivity index (χ4n) is 2.41. The zero-order valence-corrected chi connectivity index (χ0v) is 10.7. The van der Waals surface area contributed by atoms with E-state index in [2.05, 4.69) is 16.8 Å². The van der Waals surface area contributed by atoms with Gasteiger partial charge in [0.25, 0.3) is 0 Å². The molecule has 1 fully saturated rings. The monoisotopic (exact) mass is 239 g/mol. The first-order valence-electron chi connectivity index (χ1n) is 6.16. The van der Waals surface area contributed by atoms with Gasteiger partial charge in [0.05, 0.1) is 12.7 Å². The highest BCUT2D eigenvalue weighted by molar-refractivity contribution is 7.07. The molecule has 2 rings (SSSR count). The van der Waals surface area contributed by atoms with E-state index in [1.165, 1.54) is 31.2 Å². The second-order valence-corrected chi connectivity index (χ2v) is 5.60. The van der Waals surface area contributed by atoms with Crippen LogP contribution in [0.4, 0.5) is 0 Å². The van der Waals surface area contributed by atoms with E-state index in [0.29, 0.717) is 0 Å². The number of hydrogen-bond acceptors (Lipinski definition) is 3. The minimum Gasteiger partial charge on any atom is -0.372 e. The first kappa shape index (κ1) is 12.1. The summed E-state index contributed by atoms with van der Waals surface area (Å²) in [7, 11) is 0. The Balaban J connectivity index is 1.88. The SMILES string of the molecule is CC(N)C(OCC1CCCC1)c1ccsc1. The van der Waals surface area contributed by atoms with Gasteiger partial charge in [-0.1, -0.05) is 12.8 Å². The van der Waals surface area contributed by atoms with Crippen LogP contribution in [0.1, 0.15) is 44.3 Å². The Kier molecular flexibility index (Phi) is 4.38. The summed E-state index contributed by atoms with van der Waals surface area (Å²) in [6.07, 6.45) is 5.47. The largest absolute Gasteiger partial charge is 0.372 e. The highest BCUT2D eigenvalue weighted by Crippen LogP contribution is 2.28. The minimum absolute atomic E-state index is 0.0657. The van der Waals surface area contributed by atoms with Crippen LogP contribution in [-0.4, -0.2) is 12.6 Å². The van der Waals surface area contributed by atoms with Gasteiger partial charge in [0.15, 0.2) is 0 Å². The summed E-state index contributed by atoms with van der Waals surface area (Å²) in [6, 6.07) is 2.18. The molecule has 3 heteroatoms. The molecule has 1 saturated carbocycles. The summed E-state index contributed by atoms with van der Waals surface area (Å²) >= 11 is 1.71. The first-order chi connectivity index (χ1) is 7.77. The maximum atomic E-state index is 6.01. The van der Waals surface area contributed by atoms with Crippen LogP contribution in [0.2, 0.25) is 0 Å². The van der Waals surface area contributed by atoms with Gasteiger partial charge in [-0.25, -0.2) is 0 Å². The average Bonchev–Trinajstić information content (AvgIpc) is 2.88. The van der Waals surface area contributed by atoms with Crippen molar-refractivity contribution in [3.8, 4) is 0 Å². The fourth-order valence-corrected chi connectivity index (χ4v) is 3.09. The van der Waals surface area contributed by atoms with Crippen LogP contribution in [0.25, 0.3) is 0 Å². The van der Waals surface area contributed by atoms with Crippen molar-refractivity contribution in [2.75, 3.05) is 6.61 Å². The van der Waals surface area contributed by atoms with Gasteiger partial charge in [-0.15, -0.1) is 0 Å². The van der Waals surface area contributed by atoms with Gasteiger partial charge in [-0.3, -0.25) is 0 Å². The third kappa shape index (κ3) is 3.06. The van der Waals surface area contributed by atoms with E-state index in [9.17, 15) is 0 Å². The van der Waals surface area contributed by atoms with Gasteiger partial charge in [0.2, 0.25) is 0 Å². The number of rotatable bonds is 5. The summed E-state index contributed by atoms with van der Waals surface area (Å²) in [5.74, 6) is 0.764. The van der Waals surface area contributed by atoms with Crippen molar-refractivity contribution in [1.29, 1.82) is 0 Å². The van der Waals surface area contributed by atoms with E-state index in [0.717, 1.165) is 12.5 Å². The molecule has 2 N–H and O–H groups in total. The van der Waals surface area contributed by atoms with Crippen LogP contribution < -0.4 is 5.73 Å². The summed E-state index contributed by atoms with van der Waals surface area (Å²) in [5.41, 5.74) is 7.23. The van der Waals surface area contributed by atoms with Crippen molar-refractivity contribution in [2.45, 2.75) is 44.8 Å². The Labute approximate surface area is 102 Å². The van der Waals surface area contributed by atoms with Crippen molar-refractivity contribution in [3.63, 3.8) is 0 Å². The van der Waals surface area contributed by atoms with Crippen LogP contribution in [0.3, 0.4) is 0 Å². The van der Waals surface area contributed by atoms with Gasteiger partial charge in [-0.2, -0.15) is 11.3 Å². The molecule has 16 heavy (non-hydrogen) atoms. The molecule has 1 aromatic rings. The van der Waals surface area contributed by atoms with Gasteiger partial charge in [0, 0.05) is 6.04 Å². The Hall–Kier alpha value is -0.380. The molecule has 2 nitrogen and oxygen atoms in total. The lowest BCUT2D eigenvalue weighted by Crippen LogP contribution is -2.28. The van der Waals surface area contributed by atoms with Crippen LogP contribution in [0.15, 0.2) is 16.8 Å². The van der Waals surface area contributed by atoms with Crippen LogP contribution >= 0.6 is 11.3 Å². The average molecular weight is 239 g/mol. The van der Waals surface area contributed by atoms with E-state index in [-0.39, 0.29) is 12.1 Å². The summed E-state index contributed by atoms with van der Waals surface area (Å²) in [6.45, 7) is 2.90. The molecule has 0 radical (unpaired) electrons. The molecule has 1 aromatic heterocycles. The van der Waals surface area contributed by atoms with Crippen LogP contribution in [0.5, 0.6) is 0 Å². The molecule has 0 spiro atoms. The minimum atomic E-state index is 0.0657. The molecule has 1 heterocycles. The normalized spacial score (nSPS) is 21.1. The molecular weight excluding hydrogens is 218 g/mol. The molecule has 0 bridgehead atoms. The molecule has 0 saturated heterocycles. The molecule has 1 aliphatic rings. The van der Waals surface area contributed by atoms with Gasteiger partial charge in [0.1, 0.15) is 0 Å². The van der Waals surface area contributed by atoms with E-state index in [1.807, 2.05) is 6.92 Å². The number of ether oxygens (including phenoxy) is 1. The highest BCUT2D eigenvalue weighted by Gasteiger charge is 2.21. The number of nitrogens with two attached hydrogens (primary N) is 1. The predicted octanol–water partition coefficient (Wildman–Crippen LogP) is 3.34. The zero-order valence-electron chi connectivity index (χ0n) is 9.89. The Morgan fingerprint density at radius 2 is 2.25 bits per heavy atom. The molecule has 2 unspecified atom stereocenters. The molecule has 0 aromatic carbocycles. The fraction of sp³-hybridized carbons (Fsp3) is 0.692. The number of hydrogen-bond donors (Lipinski definition) is 1. The quantitative estimate of drug-likeness (QED) is 0.855. The molecule has 90 valence electrons. The molecule has 0 aliphatic heterocycles. The lowest BCUT2D eigenvalue weighted by Gasteiger charge is -2.22. The molecular formula is C13H21NOS. The van der Waals surface area contributed by atoms with E-state index < -0.39 is 0 Å². The van der Waals surface area contributed by atoms with E-state index in [1.54, 1.807) is 11.3 Å². The maximum Gasteiger partial charge on any atom is 0.0981 e. The Bertz CT molecular complexity index is 291. The van der Waals surface area contributed by atoms with E-state index in [4.69, 9.17) is 10.5 Å². The summed E-state index contributed by atoms with van der Waals surface area (Å²) < 4.78 is 6.01. The van der Waals surface area contributed by atoms with Gasteiger partial charge < -0.3 is 10.5 Å².